The minimum atomic E-state index is -0.276. The highest BCUT2D eigenvalue weighted by atomic mass is 19.1. The zero-order valence-electron chi connectivity index (χ0n) is 18.8. The van der Waals surface area contributed by atoms with Crippen LogP contribution in [0.1, 0.15) is 37.4 Å². The highest BCUT2D eigenvalue weighted by molar-refractivity contribution is 5.76. The lowest BCUT2D eigenvalue weighted by molar-refractivity contribution is 0.0175. The molecule has 0 saturated heterocycles. The van der Waals surface area contributed by atoms with Gasteiger partial charge < -0.3 is 19.4 Å². The first-order valence-corrected chi connectivity index (χ1v) is 11.0. The van der Waals surface area contributed by atoms with Gasteiger partial charge in [0.25, 0.3) is 0 Å². The van der Waals surface area contributed by atoms with Crippen LogP contribution in [-0.4, -0.2) is 65.3 Å². The number of imidazole rings is 1. The van der Waals surface area contributed by atoms with Crippen LogP contribution in [0, 0.1) is 5.82 Å². The van der Waals surface area contributed by atoms with Gasteiger partial charge in [-0.3, -0.25) is 0 Å². The quantitative estimate of drug-likeness (QED) is 0.564. The van der Waals surface area contributed by atoms with Crippen LogP contribution < -0.4 is 4.74 Å². The molecule has 7 nitrogen and oxygen atoms in total. The van der Waals surface area contributed by atoms with Gasteiger partial charge in [-0.2, -0.15) is 4.98 Å². The topological polar surface area (TPSA) is 76.2 Å². The van der Waals surface area contributed by atoms with Crippen molar-refractivity contribution < 1.29 is 13.9 Å². The summed E-state index contributed by atoms with van der Waals surface area (Å²) in [5, 5.41) is 0. The Labute approximate surface area is 188 Å². The van der Waals surface area contributed by atoms with Crippen molar-refractivity contribution in [3.05, 3.63) is 48.2 Å². The number of ether oxygens (including phenoxy) is 2. The molecule has 1 N–H and O–H groups in total. The van der Waals surface area contributed by atoms with E-state index in [1.54, 1.807) is 18.3 Å². The Morgan fingerprint density at radius 1 is 1.06 bits per heavy atom. The molecule has 0 atom stereocenters. The summed E-state index contributed by atoms with van der Waals surface area (Å²) in [6, 6.07) is 8.50. The molecular weight excluding hydrogens is 409 g/mol. The molecule has 0 amide bonds. The normalized spacial score (nSPS) is 18.8. The molecular formula is C24H30FN5O2. The molecule has 0 bridgehead atoms. The summed E-state index contributed by atoms with van der Waals surface area (Å²) in [6.07, 6.45) is 6.02. The Hall–Kier alpha value is -2.84. The first kappa shape index (κ1) is 22.4. The van der Waals surface area contributed by atoms with Crippen LogP contribution in [0.25, 0.3) is 22.6 Å². The SMILES string of the molecule is COc1nccc(-c2[nH]c(C3CCC(OCCN(C)C)CC3)nc2-c2ccc(F)cc2)n1. The molecule has 2 aromatic heterocycles. The monoisotopic (exact) mass is 439 g/mol. The van der Waals surface area contributed by atoms with Gasteiger partial charge in [0.15, 0.2) is 0 Å². The number of hydrogen-bond donors (Lipinski definition) is 1. The Morgan fingerprint density at radius 2 is 1.81 bits per heavy atom. The van der Waals surface area contributed by atoms with Gasteiger partial charge in [-0.05, 0) is 70.1 Å². The second-order valence-corrected chi connectivity index (χ2v) is 8.43. The van der Waals surface area contributed by atoms with E-state index in [2.05, 4.69) is 33.9 Å². The number of aromatic amines is 1. The van der Waals surface area contributed by atoms with E-state index in [0.717, 1.165) is 61.6 Å². The van der Waals surface area contributed by atoms with E-state index in [1.165, 1.54) is 19.2 Å². The molecule has 0 spiro atoms. The number of rotatable bonds is 8. The van der Waals surface area contributed by atoms with Gasteiger partial charge in [-0.25, -0.2) is 14.4 Å². The van der Waals surface area contributed by atoms with Crippen molar-refractivity contribution >= 4 is 0 Å². The molecule has 4 rings (SSSR count). The van der Waals surface area contributed by atoms with Crippen LogP contribution in [0.5, 0.6) is 6.01 Å². The molecule has 1 saturated carbocycles. The largest absolute Gasteiger partial charge is 0.467 e. The number of benzene rings is 1. The first-order valence-electron chi connectivity index (χ1n) is 11.0. The zero-order chi connectivity index (χ0) is 22.5. The van der Waals surface area contributed by atoms with Gasteiger partial charge >= 0.3 is 6.01 Å². The maximum Gasteiger partial charge on any atom is 0.316 e. The number of nitrogens with one attached hydrogen (secondary N) is 1. The molecule has 170 valence electrons. The lowest BCUT2D eigenvalue weighted by Gasteiger charge is -2.27. The van der Waals surface area contributed by atoms with E-state index < -0.39 is 0 Å². The summed E-state index contributed by atoms with van der Waals surface area (Å²) in [7, 11) is 5.65. The smallest absolute Gasteiger partial charge is 0.316 e. The average Bonchev–Trinajstić information content (AvgIpc) is 3.25. The van der Waals surface area contributed by atoms with Crippen LogP contribution in [0.4, 0.5) is 4.39 Å². The molecule has 2 heterocycles. The van der Waals surface area contributed by atoms with Gasteiger partial charge in [0.05, 0.1) is 36.9 Å². The third-order valence-corrected chi connectivity index (χ3v) is 5.86. The van der Waals surface area contributed by atoms with E-state index in [1.807, 2.05) is 6.07 Å². The Bertz CT molecular complexity index is 1010. The van der Waals surface area contributed by atoms with Crippen molar-refractivity contribution in [1.29, 1.82) is 0 Å². The minimum absolute atomic E-state index is 0.276. The van der Waals surface area contributed by atoms with Crippen LogP contribution >= 0.6 is 0 Å². The molecule has 0 aliphatic heterocycles. The van der Waals surface area contributed by atoms with Crippen molar-refractivity contribution in [3.8, 4) is 28.7 Å². The van der Waals surface area contributed by atoms with Gasteiger partial charge in [-0.15, -0.1) is 0 Å². The fourth-order valence-electron chi connectivity index (χ4n) is 4.07. The summed E-state index contributed by atoms with van der Waals surface area (Å²) in [5.74, 6) is 0.978. The van der Waals surface area contributed by atoms with E-state index in [4.69, 9.17) is 14.5 Å². The van der Waals surface area contributed by atoms with Gasteiger partial charge in [0.2, 0.25) is 0 Å². The number of halogens is 1. The first-order chi connectivity index (χ1) is 15.5. The number of methoxy groups -OCH3 is 1. The van der Waals surface area contributed by atoms with Crippen LogP contribution in [-0.2, 0) is 4.74 Å². The number of H-pyrrole nitrogens is 1. The van der Waals surface area contributed by atoms with E-state index in [0.29, 0.717) is 23.7 Å². The number of hydrogen-bond acceptors (Lipinski definition) is 6. The lowest BCUT2D eigenvalue weighted by atomic mass is 9.87. The molecule has 3 aromatic rings. The van der Waals surface area contributed by atoms with Crippen molar-refractivity contribution in [2.24, 2.45) is 0 Å². The van der Waals surface area contributed by atoms with E-state index >= 15 is 0 Å². The predicted molar refractivity (Wildman–Crippen MR) is 121 cm³/mol. The van der Waals surface area contributed by atoms with E-state index in [9.17, 15) is 4.39 Å². The summed E-state index contributed by atoms with van der Waals surface area (Å²) < 4.78 is 24.8. The standard InChI is InChI=1S/C24H30FN5O2/c1-30(2)14-15-32-19-10-6-17(7-11-19)23-28-21(16-4-8-18(25)9-5-16)22(29-23)20-12-13-26-24(27-20)31-3/h4-5,8-9,12-13,17,19H,6-7,10-11,14-15H2,1-3H3,(H,28,29). The van der Waals surface area contributed by atoms with Crippen molar-refractivity contribution in [2.75, 3.05) is 34.4 Å². The number of nitrogens with zero attached hydrogens (tertiary/aromatic N) is 4. The molecule has 32 heavy (non-hydrogen) atoms. The molecule has 0 unspecified atom stereocenters. The molecule has 8 heteroatoms. The van der Waals surface area contributed by atoms with Crippen LogP contribution in [0.15, 0.2) is 36.5 Å². The van der Waals surface area contributed by atoms with Gasteiger partial charge in [0, 0.05) is 24.2 Å². The summed E-state index contributed by atoms with van der Waals surface area (Å²) in [4.78, 5) is 19.2. The third kappa shape index (κ3) is 5.31. The molecule has 0 radical (unpaired) electrons. The van der Waals surface area contributed by atoms with E-state index in [-0.39, 0.29) is 5.82 Å². The third-order valence-electron chi connectivity index (χ3n) is 5.86. The predicted octanol–water partition coefficient (Wildman–Crippen LogP) is 4.29. The van der Waals surface area contributed by atoms with Crippen molar-refractivity contribution in [2.45, 2.75) is 37.7 Å². The van der Waals surface area contributed by atoms with Crippen molar-refractivity contribution in [3.63, 3.8) is 0 Å². The zero-order valence-corrected chi connectivity index (χ0v) is 18.8. The fourth-order valence-corrected chi connectivity index (χ4v) is 4.07. The maximum absolute atomic E-state index is 13.5. The Morgan fingerprint density at radius 3 is 2.50 bits per heavy atom. The maximum atomic E-state index is 13.5. The fraction of sp³-hybridized carbons (Fsp3) is 0.458. The molecule has 1 aliphatic rings. The number of aromatic nitrogens is 4. The van der Waals surface area contributed by atoms with Gasteiger partial charge in [0.1, 0.15) is 11.6 Å². The average molecular weight is 440 g/mol. The molecule has 1 fully saturated rings. The summed E-state index contributed by atoms with van der Waals surface area (Å²) >= 11 is 0. The van der Waals surface area contributed by atoms with Crippen LogP contribution in [0.3, 0.4) is 0 Å². The van der Waals surface area contributed by atoms with Crippen molar-refractivity contribution in [1.82, 2.24) is 24.8 Å². The second kappa shape index (κ2) is 10.2. The highest BCUT2D eigenvalue weighted by Crippen LogP contribution is 2.37. The second-order valence-electron chi connectivity index (χ2n) is 8.43. The number of likely N-dealkylation sites (N-methyl/N-ethyl adjacent to an activating group) is 1. The summed E-state index contributed by atoms with van der Waals surface area (Å²) in [5.41, 5.74) is 3.07. The minimum Gasteiger partial charge on any atom is -0.467 e. The summed E-state index contributed by atoms with van der Waals surface area (Å²) in [6.45, 7) is 1.70. The van der Waals surface area contributed by atoms with Crippen LogP contribution in [0.2, 0.25) is 0 Å². The lowest BCUT2D eigenvalue weighted by Crippen LogP contribution is -2.25. The Kier molecular flexibility index (Phi) is 7.12. The molecule has 1 aromatic carbocycles. The Balaban J connectivity index is 1.57. The van der Waals surface area contributed by atoms with Gasteiger partial charge in [-0.1, -0.05) is 0 Å². The molecule has 1 aliphatic carbocycles. The highest BCUT2D eigenvalue weighted by Gasteiger charge is 2.27.